The molecule has 0 saturated carbocycles. The molecule has 10 heteroatoms. The summed E-state index contributed by atoms with van der Waals surface area (Å²) in [6.45, 7) is 3.26. The predicted octanol–water partition coefficient (Wildman–Crippen LogP) is 3.10. The number of piperazine rings is 1. The number of hydrogen-bond donors (Lipinski definition) is 0. The Bertz CT molecular complexity index is 1280. The van der Waals surface area contributed by atoms with Gasteiger partial charge in [-0.25, -0.2) is 4.98 Å². The van der Waals surface area contributed by atoms with Crippen LogP contribution in [0.25, 0.3) is 10.9 Å². The van der Waals surface area contributed by atoms with E-state index in [-0.39, 0.29) is 49.0 Å². The van der Waals surface area contributed by atoms with Crippen LogP contribution in [0.3, 0.4) is 0 Å². The first-order chi connectivity index (χ1) is 16.1. The lowest BCUT2D eigenvalue weighted by atomic mass is 10.1. The molecule has 2 heterocycles. The van der Waals surface area contributed by atoms with Crippen molar-refractivity contribution in [3.05, 3.63) is 75.8 Å². The highest BCUT2D eigenvalue weighted by atomic mass is 19.4. The number of para-hydroxylation sites is 1. The molecular weight excluding hydrogens is 449 g/mol. The second-order valence-corrected chi connectivity index (χ2v) is 8.21. The fourth-order valence-electron chi connectivity index (χ4n) is 4.01. The van der Waals surface area contributed by atoms with Crippen LogP contribution >= 0.6 is 0 Å². The molecule has 0 aliphatic carbocycles. The van der Waals surface area contributed by atoms with Crippen LogP contribution in [0, 0.1) is 6.92 Å². The number of aromatic nitrogens is 2. The van der Waals surface area contributed by atoms with E-state index in [2.05, 4.69) is 4.98 Å². The number of carbonyl (C=O) groups excluding carboxylic acids is 2. The van der Waals surface area contributed by atoms with Gasteiger partial charge in [-0.05, 0) is 42.8 Å². The molecule has 0 N–H and O–H groups in total. The average Bonchev–Trinajstić information content (AvgIpc) is 2.83. The summed E-state index contributed by atoms with van der Waals surface area (Å²) in [7, 11) is 0. The Morgan fingerprint density at radius 1 is 0.971 bits per heavy atom. The second kappa shape index (κ2) is 9.28. The van der Waals surface area contributed by atoms with Crippen molar-refractivity contribution >= 4 is 22.7 Å². The van der Waals surface area contributed by atoms with Crippen LogP contribution in [0.2, 0.25) is 0 Å². The fraction of sp³-hybridized carbons (Fsp3) is 0.333. The standard InChI is InChI=1S/C24H23F3N4O3/c1-16-3-2-4-19-21(16)28-15-31(23(19)34)10-9-20(32)29-11-13-30(14-12-29)22(33)17-5-7-18(8-6-17)24(25,26)27/h2-8,15H,9-14H2,1H3. The van der Waals surface area contributed by atoms with E-state index in [1.165, 1.54) is 27.9 Å². The number of benzene rings is 2. The highest BCUT2D eigenvalue weighted by Crippen LogP contribution is 2.29. The highest BCUT2D eigenvalue weighted by molar-refractivity contribution is 5.94. The van der Waals surface area contributed by atoms with E-state index in [0.29, 0.717) is 24.0 Å². The lowest BCUT2D eigenvalue weighted by Gasteiger charge is -2.35. The molecule has 1 fully saturated rings. The van der Waals surface area contributed by atoms with Crippen LogP contribution in [0.15, 0.2) is 53.6 Å². The molecule has 1 saturated heterocycles. The number of fused-ring (bicyclic) bond motifs is 1. The van der Waals surface area contributed by atoms with Gasteiger partial charge in [-0.15, -0.1) is 0 Å². The van der Waals surface area contributed by atoms with Gasteiger partial charge >= 0.3 is 6.18 Å². The van der Waals surface area contributed by atoms with E-state index in [1.54, 1.807) is 17.0 Å². The largest absolute Gasteiger partial charge is 0.416 e. The zero-order valence-corrected chi connectivity index (χ0v) is 18.5. The Morgan fingerprint density at radius 2 is 1.62 bits per heavy atom. The van der Waals surface area contributed by atoms with Crippen LogP contribution in [0.1, 0.15) is 27.9 Å². The van der Waals surface area contributed by atoms with Crippen molar-refractivity contribution in [1.82, 2.24) is 19.4 Å². The molecule has 1 aromatic heterocycles. The van der Waals surface area contributed by atoms with Crippen molar-refractivity contribution in [3.8, 4) is 0 Å². The number of hydrogen-bond acceptors (Lipinski definition) is 4. The molecule has 0 radical (unpaired) electrons. The van der Waals surface area contributed by atoms with E-state index in [1.807, 2.05) is 13.0 Å². The zero-order valence-electron chi connectivity index (χ0n) is 18.5. The third kappa shape index (κ3) is 4.80. The van der Waals surface area contributed by atoms with Gasteiger partial charge in [0, 0.05) is 44.7 Å². The Kier molecular flexibility index (Phi) is 6.41. The van der Waals surface area contributed by atoms with Gasteiger partial charge in [-0.2, -0.15) is 13.2 Å². The minimum absolute atomic E-state index is 0.117. The third-order valence-electron chi connectivity index (χ3n) is 6.00. The Balaban J connectivity index is 1.32. The van der Waals surface area contributed by atoms with Crippen molar-refractivity contribution in [1.29, 1.82) is 0 Å². The van der Waals surface area contributed by atoms with Crippen molar-refractivity contribution in [2.24, 2.45) is 0 Å². The Hall–Kier alpha value is -3.69. The summed E-state index contributed by atoms with van der Waals surface area (Å²) >= 11 is 0. The molecule has 0 unspecified atom stereocenters. The second-order valence-electron chi connectivity index (χ2n) is 8.21. The lowest BCUT2D eigenvalue weighted by Crippen LogP contribution is -2.50. The van der Waals surface area contributed by atoms with Gasteiger partial charge in [0.15, 0.2) is 0 Å². The zero-order chi connectivity index (χ0) is 24.5. The van der Waals surface area contributed by atoms with Crippen molar-refractivity contribution in [3.63, 3.8) is 0 Å². The van der Waals surface area contributed by atoms with E-state index in [0.717, 1.165) is 17.7 Å². The molecule has 4 rings (SSSR count). The number of halogens is 3. The first kappa shape index (κ1) is 23.5. The van der Waals surface area contributed by atoms with Gasteiger partial charge in [0.25, 0.3) is 11.5 Å². The quantitative estimate of drug-likeness (QED) is 0.585. The van der Waals surface area contributed by atoms with E-state index in [9.17, 15) is 27.6 Å². The minimum Gasteiger partial charge on any atom is -0.339 e. The summed E-state index contributed by atoms with van der Waals surface area (Å²) < 4.78 is 39.6. The molecule has 7 nitrogen and oxygen atoms in total. The van der Waals surface area contributed by atoms with Gasteiger partial charge in [-0.3, -0.25) is 19.0 Å². The van der Waals surface area contributed by atoms with Gasteiger partial charge in [0.1, 0.15) is 0 Å². The van der Waals surface area contributed by atoms with Crippen LogP contribution in [-0.2, 0) is 17.5 Å². The number of amides is 2. The van der Waals surface area contributed by atoms with Crippen molar-refractivity contribution in [2.45, 2.75) is 26.1 Å². The molecule has 0 spiro atoms. The Morgan fingerprint density at radius 3 is 2.26 bits per heavy atom. The van der Waals surface area contributed by atoms with Crippen LogP contribution < -0.4 is 5.56 Å². The van der Waals surface area contributed by atoms with E-state index >= 15 is 0 Å². The molecule has 3 aromatic rings. The van der Waals surface area contributed by atoms with Gasteiger partial charge in [-0.1, -0.05) is 12.1 Å². The topological polar surface area (TPSA) is 75.5 Å². The summed E-state index contributed by atoms with van der Waals surface area (Å²) in [5.74, 6) is -0.511. The Labute approximate surface area is 193 Å². The highest BCUT2D eigenvalue weighted by Gasteiger charge is 2.31. The minimum atomic E-state index is -4.46. The van der Waals surface area contributed by atoms with Crippen LogP contribution in [0.4, 0.5) is 13.2 Å². The van der Waals surface area contributed by atoms with Gasteiger partial charge < -0.3 is 9.80 Å². The van der Waals surface area contributed by atoms with E-state index in [4.69, 9.17) is 0 Å². The number of alkyl halides is 3. The predicted molar refractivity (Wildman–Crippen MR) is 119 cm³/mol. The smallest absolute Gasteiger partial charge is 0.339 e. The summed E-state index contributed by atoms with van der Waals surface area (Å²) in [6, 6.07) is 9.49. The van der Waals surface area contributed by atoms with Crippen LogP contribution in [0.5, 0.6) is 0 Å². The lowest BCUT2D eigenvalue weighted by molar-refractivity contribution is -0.137. The maximum absolute atomic E-state index is 12.7. The van der Waals surface area contributed by atoms with Crippen LogP contribution in [-0.4, -0.2) is 57.3 Å². The van der Waals surface area contributed by atoms with Gasteiger partial charge in [0.2, 0.25) is 5.91 Å². The molecular formula is C24H23F3N4O3. The molecule has 178 valence electrons. The molecule has 0 atom stereocenters. The first-order valence-electron chi connectivity index (χ1n) is 10.8. The monoisotopic (exact) mass is 472 g/mol. The summed E-state index contributed by atoms with van der Waals surface area (Å²) in [5, 5.41) is 0.505. The van der Waals surface area contributed by atoms with Gasteiger partial charge in [0.05, 0.1) is 22.8 Å². The molecule has 2 aromatic carbocycles. The first-order valence-corrected chi connectivity index (χ1v) is 10.8. The maximum atomic E-state index is 12.7. The maximum Gasteiger partial charge on any atom is 0.416 e. The third-order valence-corrected chi connectivity index (χ3v) is 6.00. The molecule has 0 bridgehead atoms. The molecule has 1 aliphatic heterocycles. The average molecular weight is 472 g/mol. The summed E-state index contributed by atoms with van der Waals surface area (Å²) in [6.07, 6.45) is -2.89. The number of aryl methyl sites for hydroxylation is 2. The van der Waals surface area contributed by atoms with E-state index < -0.39 is 11.7 Å². The normalized spacial score (nSPS) is 14.5. The summed E-state index contributed by atoms with van der Waals surface area (Å²) in [4.78, 5) is 45.4. The summed E-state index contributed by atoms with van der Waals surface area (Å²) in [5.41, 5.74) is 0.709. The molecule has 2 amide bonds. The number of nitrogens with zero attached hydrogens (tertiary/aromatic N) is 4. The van der Waals surface area contributed by atoms with Crippen molar-refractivity contribution in [2.75, 3.05) is 26.2 Å². The molecule has 34 heavy (non-hydrogen) atoms. The molecule has 1 aliphatic rings. The number of rotatable bonds is 4. The SMILES string of the molecule is Cc1cccc2c(=O)n(CCC(=O)N3CCN(C(=O)c4ccc(C(F)(F)F)cc4)CC3)cnc12. The van der Waals surface area contributed by atoms with Crippen molar-refractivity contribution < 1.29 is 22.8 Å². The fourth-order valence-corrected chi connectivity index (χ4v) is 4.01. The number of carbonyl (C=O) groups is 2.